The number of nitrogens with zero attached hydrogens (tertiary/aromatic N) is 3. The largest absolute Gasteiger partial charge is 0.573 e. The first-order valence-electron chi connectivity index (χ1n) is 14.9. The molecule has 248 valence electrons. The van der Waals surface area contributed by atoms with Crippen LogP contribution >= 0.6 is 0 Å². The minimum Gasteiger partial charge on any atom is -0.406 e. The molecule has 3 heterocycles. The van der Waals surface area contributed by atoms with Gasteiger partial charge in [0.15, 0.2) is 0 Å². The van der Waals surface area contributed by atoms with Crippen molar-refractivity contribution in [2.75, 3.05) is 32.9 Å². The van der Waals surface area contributed by atoms with Crippen molar-refractivity contribution in [1.29, 1.82) is 0 Å². The van der Waals surface area contributed by atoms with E-state index in [4.69, 9.17) is 0 Å². The predicted molar refractivity (Wildman–Crippen MR) is 165 cm³/mol. The van der Waals surface area contributed by atoms with Gasteiger partial charge in [0.1, 0.15) is 34.8 Å². The van der Waals surface area contributed by atoms with Gasteiger partial charge in [0, 0.05) is 42.7 Å². The summed E-state index contributed by atoms with van der Waals surface area (Å²) >= 11 is 0. The Hall–Kier alpha value is -3.62. The molecule has 1 atom stereocenters. The molecule has 5 rings (SSSR count). The van der Waals surface area contributed by atoms with Crippen molar-refractivity contribution < 1.29 is 41.2 Å². The van der Waals surface area contributed by atoms with Crippen LogP contribution in [0.25, 0.3) is 6.08 Å². The lowest BCUT2D eigenvalue weighted by atomic mass is 9.89. The number of hydrogen-bond donors (Lipinski definition) is 2. The lowest BCUT2D eigenvalue weighted by Gasteiger charge is -2.36. The number of halogens is 4. The van der Waals surface area contributed by atoms with E-state index in [2.05, 4.69) is 15.0 Å². The fourth-order valence-electron chi connectivity index (χ4n) is 6.08. The Morgan fingerprint density at radius 3 is 2.24 bits per heavy atom. The molecule has 0 aromatic heterocycles. The van der Waals surface area contributed by atoms with Gasteiger partial charge in [0.25, 0.3) is 11.8 Å². The summed E-state index contributed by atoms with van der Waals surface area (Å²) in [5, 5.41) is 14.5. The maximum atomic E-state index is 13.2. The van der Waals surface area contributed by atoms with Gasteiger partial charge in [-0.2, -0.15) is 0 Å². The molecule has 2 aromatic carbocycles. The molecule has 2 saturated heterocycles. The van der Waals surface area contributed by atoms with Gasteiger partial charge in [-0.1, -0.05) is 0 Å². The molecule has 2 fully saturated rings. The first-order chi connectivity index (χ1) is 21.6. The van der Waals surface area contributed by atoms with E-state index >= 15 is 0 Å². The van der Waals surface area contributed by atoms with Crippen LogP contribution in [0, 0.1) is 20.8 Å². The van der Waals surface area contributed by atoms with Gasteiger partial charge in [0.2, 0.25) is 0 Å². The van der Waals surface area contributed by atoms with Crippen LogP contribution in [0.3, 0.4) is 0 Å². The number of alkyl halides is 4. The van der Waals surface area contributed by atoms with Gasteiger partial charge in [-0.25, -0.2) is 12.9 Å². The zero-order chi connectivity index (χ0) is 33.4. The summed E-state index contributed by atoms with van der Waals surface area (Å²) in [6.07, 6.45) is -2.06. The predicted octanol–water partition coefficient (Wildman–Crippen LogP) is 4.49. The second kappa shape index (κ2) is 12.9. The Bertz CT molecular complexity index is 1590. The molecule has 0 aliphatic carbocycles. The average Bonchev–Trinajstić information content (AvgIpc) is 3.32. The first kappa shape index (κ1) is 33.7. The Labute approximate surface area is 266 Å². The molecule has 46 heavy (non-hydrogen) atoms. The number of carbonyl (C=O) groups is 2. The Balaban J connectivity index is 1.21. The number of carbonyl (C=O) groups excluding carboxylic acids is 2. The van der Waals surface area contributed by atoms with Crippen molar-refractivity contribution in [1.82, 2.24) is 14.5 Å². The molecular formula is C32H36F4N4O5S. The molecule has 1 spiro atoms. The topological polar surface area (TPSA) is 112 Å². The minimum atomic E-state index is -4.82. The third kappa shape index (κ3) is 7.18. The van der Waals surface area contributed by atoms with Gasteiger partial charge in [0.05, 0.1) is 5.60 Å². The molecule has 3 aliphatic heterocycles. The second-order valence-corrected chi connectivity index (χ2v) is 13.5. The fourth-order valence-corrected chi connectivity index (χ4v) is 7.05. The number of hydrogen-bond acceptors (Lipinski definition) is 6. The van der Waals surface area contributed by atoms with Gasteiger partial charge in [-0.3, -0.25) is 14.6 Å². The van der Waals surface area contributed by atoms with Crippen LogP contribution in [0.2, 0.25) is 0 Å². The molecule has 0 radical (unpaired) electrons. The first-order valence-corrected chi connectivity index (χ1v) is 16.1. The maximum Gasteiger partial charge on any atom is 0.573 e. The highest BCUT2D eigenvalue weighted by Gasteiger charge is 2.46. The third-order valence-corrected chi connectivity index (χ3v) is 10.1. The van der Waals surface area contributed by atoms with Crippen molar-refractivity contribution >= 4 is 34.7 Å². The number of rotatable bonds is 7. The van der Waals surface area contributed by atoms with E-state index in [1.54, 1.807) is 32.8 Å². The van der Waals surface area contributed by atoms with Crippen molar-refractivity contribution in [3.05, 3.63) is 69.1 Å². The monoisotopic (exact) mass is 664 g/mol. The van der Waals surface area contributed by atoms with E-state index in [9.17, 15) is 36.5 Å². The van der Waals surface area contributed by atoms with E-state index in [0.717, 1.165) is 16.7 Å². The zero-order valence-electron chi connectivity index (χ0n) is 25.7. The van der Waals surface area contributed by atoms with Crippen LogP contribution < -0.4 is 10.1 Å². The average molecular weight is 665 g/mol. The summed E-state index contributed by atoms with van der Waals surface area (Å²) < 4.78 is 70.0. The van der Waals surface area contributed by atoms with E-state index < -0.39 is 35.2 Å². The van der Waals surface area contributed by atoms with Crippen molar-refractivity contribution in [2.24, 2.45) is 4.99 Å². The van der Waals surface area contributed by atoms with Gasteiger partial charge in [-0.15, -0.1) is 13.2 Å². The van der Waals surface area contributed by atoms with Gasteiger partial charge >= 0.3 is 6.36 Å². The van der Waals surface area contributed by atoms with E-state index in [-0.39, 0.29) is 54.9 Å². The summed E-state index contributed by atoms with van der Waals surface area (Å²) in [7, 11) is -1.50. The quantitative estimate of drug-likeness (QED) is 0.424. The standard InChI is InChI=1S/C32H36F4N4O5S/c1-20-16-24(28(41)39-11-7-30(43,19-33)8-12-39)17-21(2)25(20)6-15-46(44)40-13-9-31(10-14-40)29(42)37-27(38-31)23-4-5-26(22(3)18-23)45-32(34,35)36/h4-6,15-18,43H,7-14,19H2,1-3H3,(H,37,38,42)/b15-6+. The second-order valence-electron chi connectivity index (χ2n) is 12.2. The summed E-state index contributed by atoms with van der Waals surface area (Å²) in [4.78, 5) is 32.3. The van der Waals surface area contributed by atoms with Crippen LogP contribution in [-0.2, 0) is 15.8 Å². The zero-order valence-corrected chi connectivity index (χ0v) is 26.6. The molecule has 14 heteroatoms. The van der Waals surface area contributed by atoms with Crippen LogP contribution in [0.5, 0.6) is 5.75 Å². The molecule has 3 aliphatic rings. The van der Waals surface area contributed by atoms with Gasteiger partial charge in [-0.05, 0) is 105 Å². The number of aliphatic imine (C=N–C) groups is 1. The number of amidine groups is 1. The van der Waals surface area contributed by atoms with Crippen LogP contribution in [0.4, 0.5) is 17.6 Å². The number of amides is 2. The summed E-state index contributed by atoms with van der Waals surface area (Å²) in [5.74, 6) is -0.545. The van der Waals surface area contributed by atoms with E-state index in [1.807, 2.05) is 13.8 Å². The number of nitrogens with one attached hydrogen (secondary N) is 1. The summed E-state index contributed by atoms with van der Waals surface area (Å²) in [6, 6.07) is 7.61. The Morgan fingerprint density at radius 2 is 1.67 bits per heavy atom. The van der Waals surface area contributed by atoms with Crippen LogP contribution in [-0.4, -0.2) is 86.5 Å². The molecule has 9 nitrogen and oxygen atoms in total. The number of benzene rings is 2. The Morgan fingerprint density at radius 1 is 1.04 bits per heavy atom. The highest BCUT2D eigenvalue weighted by molar-refractivity contribution is 7.85. The Kier molecular flexibility index (Phi) is 9.45. The van der Waals surface area contributed by atoms with Crippen molar-refractivity contribution in [2.45, 2.75) is 64.0 Å². The number of piperidine rings is 2. The normalized spacial score (nSPS) is 20.6. The number of aliphatic hydroxyl groups is 1. The minimum absolute atomic E-state index is 0.183. The lowest BCUT2D eigenvalue weighted by Crippen LogP contribution is -2.49. The molecule has 0 bridgehead atoms. The lowest BCUT2D eigenvalue weighted by molar-refractivity contribution is -0.274. The van der Waals surface area contributed by atoms with Crippen LogP contribution in [0.15, 0.2) is 40.7 Å². The highest BCUT2D eigenvalue weighted by Crippen LogP contribution is 2.33. The smallest absolute Gasteiger partial charge is 0.406 e. The number of likely N-dealkylation sites (tertiary alicyclic amines) is 1. The van der Waals surface area contributed by atoms with Gasteiger partial charge < -0.3 is 20.1 Å². The summed E-state index contributed by atoms with van der Waals surface area (Å²) in [6.45, 7) is 5.58. The molecular weight excluding hydrogens is 628 g/mol. The fraction of sp³-hybridized carbons (Fsp3) is 0.469. The number of aryl methyl sites for hydroxylation is 3. The van der Waals surface area contributed by atoms with E-state index in [1.165, 1.54) is 25.1 Å². The highest BCUT2D eigenvalue weighted by atomic mass is 32.2. The SMILES string of the molecule is Cc1cc(C2=NC3(CCN(S(=O)/C=C/c4c(C)cc(C(=O)N5CCC(O)(CF)CC5)cc4C)CC3)C(=O)N2)ccc1OC(F)(F)F. The van der Waals surface area contributed by atoms with Crippen molar-refractivity contribution in [3.63, 3.8) is 0 Å². The molecule has 0 saturated carbocycles. The molecule has 2 amide bonds. The van der Waals surface area contributed by atoms with Crippen molar-refractivity contribution in [3.8, 4) is 5.75 Å². The molecule has 2 aromatic rings. The van der Waals surface area contributed by atoms with Crippen LogP contribution in [0.1, 0.15) is 63.9 Å². The number of ether oxygens (including phenoxy) is 1. The maximum absolute atomic E-state index is 13.2. The third-order valence-electron chi connectivity index (χ3n) is 8.88. The summed E-state index contributed by atoms with van der Waals surface area (Å²) in [5.41, 5.74) is 1.26. The molecule has 1 unspecified atom stereocenters. The molecule has 2 N–H and O–H groups in total. The van der Waals surface area contributed by atoms with E-state index in [0.29, 0.717) is 37.1 Å².